The SMILES string of the molecule is NN(CCCc1nn[nH]n1)CB(O)O. The number of nitrogens with one attached hydrogen (secondary N) is 1. The molecule has 0 saturated heterocycles. The van der Waals surface area contributed by atoms with Crippen molar-refractivity contribution in [1.82, 2.24) is 25.6 Å². The summed E-state index contributed by atoms with van der Waals surface area (Å²) in [6, 6.07) is 0. The predicted molar refractivity (Wildman–Crippen MR) is 48.5 cm³/mol. The molecule has 9 heteroatoms. The molecule has 0 radical (unpaired) electrons. The van der Waals surface area contributed by atoms with Crippen LogP contribution in [0.15, 0.2) is 0 Å². The first kappa shape index (κ1) is 11.1. The van der Waals surface area contributed by atoms with Crippen molar-refractivity contribution in [2.24, 2.45) is 5.84 Å². The molecule has 78 valence electrons. The Bertz CT molecular complexity index is 242. The Morgan fingerprint density at radius 1 is 1.50 bits per heavy atom. The lowest BCUT2D eigenvalue weighted by Gasteiger charge is -2.14. The molecule has 5 N–H and O–H groups in total. The first-order valence-electron chi connectivity index (χ1n) is 4.26. The van der Waals surface area contributed by atoms with E-state index in [0.717, 1.165) is 6.42 Å². The second kappa shape index (κ2) is 5.65. The number of nitrogens with zero attached hydrogens (tertiary/aromatic N) is 4. The van der Waals surface area contributed by atoms with Crippen molar-refractivity contribution in [3.63, 3.8) is 0 Å². The van der Waals surface area contributed by atoms with Crippen LogP contribution in [0.5, 0.6) is 0 Å². The van der Waals surface area contributed by atoms with E-state index < -0.39 is 7.12 Å². The largest absolute Gasteiger partial charge is 0.468 e. The normalized spacial score (nSPS) is 10.9. The fourth-order valence-electron chi connectivity index (χ4n) is 1.03. The van der Waals surface area contributed by atoms with Gasteiger partial charge in [-0.2, -0.15) is 5.21 Å². The number of hydrogen-bond acceptors (Lipinski definition) is 7. The van der Waals surface area contributed by atoms with Crippen LogP contribution in [0.25, 0.3) is 0 Å². The summed E-state index contributed by atoms with van der Waals surface area (Å²) in [6.45, 7) is 0.548. The lowest BCUT2D eigenvalue weighted by Crippen LogP contribution is -2.41. The fourth-order valence-corrected chi connectivity index (χ4v) is 1.03. The van der Waals surface area contributed by atoms with Crippen molar-refractivity contribution in [3.8, 4) is 0 Å². The van der Waals surface area contributed by atoms with Crippen molar-refractivity contribution in [2.75, 3.05) is 13.0 Å². The molecule has 1 heterocycles. The molecule has 0 atom stereocenters. The highest BCUT2D eigenvalue weighted by molar-refractivity contribution is 6.41. The van der Waals surface area contributed by atoms with Crippen molar-refractivity contribution in [2.45, 2.75) is 12.8 Å². The van der Waals surface area contributed by atoms with Crippen LogP contribution in [0.1, 0.15) is 12.2 Å². The Morgan fingerprint density at radius 3 is 2.86 bits per heavy atom. The minimum Gasteiger partial charge on any atom is -0.426 e. The maximum atomic E-state index is 8.60. The summed E-state index contributed by atoms with van der Waals surface area (Å²) in [6.07, 6.45) is 1.43. The summed E-state index contributed by atoms with van der Waals surface area (Å²) in [4.78, 5) is 0. The second-order valence-corrected chi connectivity index (χ2v) is 2.91. The Kier molecular flexibility index (Phi) is 4.46. The summed E-state index contributed by atoms with van der Waals surface area (Å²) < 4.78 is 0. The number of aromatic amines is 1. The average molecular weight is 200 g/mol. The quantitative estimate of drug-likeness (QED) is 0.224. The van der Waals surface area contributed by atoms with Gasteiger partial charge in [-0.1, -0.05) is 5.21 Å². The minimum atomic E-state index is -1.40. The molecule has 1 aromatic heterocycles. The Hall–Kier alpha value is -1.03. The van der Waals surface area contributed by atoms with E-state index >= 15 is 0 Å². The predicted octanol–water partition coefficient (Wildman–Crippen LogP) is -2.68. The van der Waals surface area contributed by atoms with Crippen LogP contribution in [-0.2, 0) is 6.42 Å². The molecule has 0 aliphatic rings. The first-order valence-corrected chi connectivity index (χ1v) is 4.26. The third-order valence-electron chi connectivity index (χ3n) is 1.63. The molecule has 8 nitrogen and oxygen atoms in total. The van der Waals surface area contributed by atoms with E-state index in [1.54, 1.807) is 0 Å². The van der Waals surface area contributed by atoms with E-state index in [4.69, 9.17) is 15.9 Å². The van der Waals surface area contributed by atoms with Gasteiger partial charge < -0.3 is 10.0 Å². The van der Waals surface area contributed by atoms with Crippen LogP contribution in [0.4, 0.5) is 0 Å². The van der Waals surface area contributed by atoms with Gasteiger partial charge in [0.25, 0.3) is 0 Å². The lowest BCUT2D eigenvalue weighted by atomic mass is 9.92. The summed E-state index contributed by atoms with van der Waals surface area (Å²) in [5.74, 6) is 6.09. The van der Waals surface area contributed by atoms with Gasteiger partial charge in [0.05, 0.1) is 0 Å². The van der Waals surface area contributed by atoms with Crippen LogP contribution in [0.3, 0.4) is 0 Å². The molecule has 0 aromatic carbocycles. The molecular formula is C5H13BN6O2. The fraction of sp³-hybridized carbons (Fsp3) is 0.800. The molecule has 0 unspecified atom stereocenters. The highest BCUT2D eigenvalue weighted by Crippen LogP contribution is 1.93. The molecular weight excluding hydrogens is 187 g/mol. The summed E-state index contributed by atoms with van der Waals surface area (Å²) in [7, 11) is -1.40. The molecule has 0 saturated carbocycles. The first-order chi connectivity index (χ1) is 6.68. The van der Waals surface area contributed by atoms with E-state index in [9.17, 15) is 0 Å². The molecule has 0 bridgehead atoms. The summed E-state index contributed by atoms with van der Waals surface area (Å²) in [5, 5.41) is 31.8. The van der Waals surface area contributed by atoms with Crippen LogP contribution in [0.2, 0.25) is 0 Å². The lowest BCUT2D eigenvalue weighted by molar-refractivity contribution is 0.281. The van der Waals surface area contributed by atoms with Crippen molar-refractivity contribution in [3.05, 3.63) is 5.82 Å². The number of H-pyrrole nitrogens is 1. The molecule has 0 spiro atoms. The Morgan fingerprint density at radius 2 is 2.29 bits per heavy atom. The Balaban J connectivity index is 2.09. The third-order valence-corrected chi connectivity index (χ3v) is 1.63. The molecule has 14 heavy (non-hydrogen) atoms. The second-order valence-electron chi connectivity index (χ2n) is 2.91. The van der Waals surface area contributed by atoms with Crippen LogP contribution >= 0.6 is 0 Å². The van der Waals surface area contributed by atoms with Crippen molar-refractivity contribution in [1.29, 1.82) is 0 Å². The molecule has 0 amide bonds. The topological polar surface area (TPSA) is 124 Å². The molecule has 0 aliphatic heterocycles. The number of tetrazole rings is 1. The number of hydrogen-bond donors (Lipinski definition) is 4. The zero-order valence-electron chi connectivity index (χ0n) is 7.67. The number of hydrazine groups is 1. The van der Waals surface area contributed by atoms with Gasteiger partial charge in [0.2, 0.25) is 0 Å². The van der Waals surface area contributed by atoms with Gasteiger partial charge in [-0.15, -0.1) is 10.2 Å². The molecule has 0 fully saturated rings. The maximum absolute atomic E-state index is 8.60. The minimum absolute atomic E-state index is 0.0340. The van der Waals surface area contributed by atoms with Crippen molar-refractivity contribution >= 4 is 7.12 Å². The Labute approximate surface area is 81.2 Å². The van der Waals surface area contributed by atoms with Gasteiger partial charge in [0.1, 0.15) is 0 Å². The third kappa shape index (κ3) is 4.28. The maximum Gasteiger partial charge on any atom is 0.468 e. The van der Waals surface area contributed by atoms with Crippen molar-refractivity contribution < 1.29 is 10.0 Å². The van der Waals surface area contributed by atoms with E-state index in [2.05, 4.69) is 20.6 Å². The smallest absolute Gasteiger partial charge is 0.426 e. The van der Waals surface area contributed by atoms with E-state index in [0.29, 0.717) is 18.8 Å². The summed E-state index contributed by atoms with van der Waals surface area (Å²) in [5.41, 5.74) is 0. The van der Waals surface area contributed by atoms with Crippen LogP contribution in [0, 0.1) is 0 Å². The number of rotatable bonds is 6. The number of aromatic nitrogens is 4. The molecule has 1 rings (SSSR count). The van der Waals surface area contributed by atoms with E-state index in [-0.39, 0.29) is 6.44 Å². The highest BCUT2D eigenvalue weighted by atomic mass is 16.4. The van der Waals surface area contributed by atoms with Gasteiger partial charge >= 0.3 is 7.12 Å². The number of aryl methyl sites for hydroxylation is 1. The molecule has 0 aliphatic carbocycles. The van der Waals surface area contributed by atoms with Crippen LogP contribution in [-0.4, -0.2) is 55.8 Å². The van der Waals surface area contributed by atoms with E-state index in [1.165, 1.54) is 5.01 Å². The van der Waals surface area contributed by atoms with Gasteiger partial charge in [0.15, 0.2) is 5.82 Å². The average Bonchev–Trinajstić information content (AvgIpc) is 2.55. The molecule has 1 aromatic rings. The zero-order valence-corrected chi connectivity index (χ0v) is 7.67. The highest BCUT2D eigenvalue weighted by Gasteiger charge is 2.10. The van der Waals surface area contributed by atoms with Crippen LogP contribution < -0.4 is 5.84 Å². The number of nitrogens with two attached hydrogens (primary N) is 1. The standard InChI is InChI=1S/C5H13BN6O2/c7-12(4-6(13)14)3-1-2-5-8-10-11-9-5/h13-14H,1-4,7H2,(H,8,9,10,11). The van der Waals surface area contributed by atoms with Gasteiger partial charge in [-0.05, 0) is 6.42 Å². The summed E-state index contributed by atoms with van der Waals surface area (Å²) >= 11 is 0. The van der Waals surface area contributed by atoms with Gasteiger partial charge in [-0.3, -0.25) is 5.84 Å². The zero-order chi connectivity index (χ0) is 10.4. The monoisotopic (exact) mass is 200 g/mol. The van der Waals surface area contributed by atoms with E-state index in [1.807, 2.05) is 0 Å². The van der Waals surface area contributed by atoms with Gasteiger partial charge in [-0.25, -0.2) is 5.01 Å². The van der Waals surface area contributed by atoms with Gasteiger partial charge in [0, 0.05) is 19.4 Å².